The second-order valence-corrected chi connectivity index (χ2v) is 9.43. The van der Waals surface area contributed by atoms with Gasteiger partial charge in [0.25, 0.3) is 0 Å². The molecule has 3 heterocycles. The summed E-state index contributed by atoms with van der Waals surface area (Å²) in [6.45, 7) is 2.98. The van der Waals surface area contributed by atoms with E-state index in [1.807, 2.05) is 12.1 Å². The molecule has 0 radical (unpaired) electrons. The van der Waals surface area contributed by atoms with E-state index in [0.717, 1.165) is 76.0 Å². The van der Waals surface area contributed by atoms with Gasteiger partial charge in [0.1, 0.15) is 11.6 Å². The normalized spacial score (nSPS) is 27.4. The van der Waals surface area contributed by atoms with Gasteiger partial charge in [-0.2, -0.15) is 0 Å². The molecule has 2 aromatic rings. The zero-order valence-electron chi connectivity index (χ0n) is 17.8. The summed E-state index contributed by atoms with van der Waals surface area (Å²) in [5, 5.41) is 3.70. The standard InChI is InChI=1S/C25H30F2N2O2/c26-20-2-1-18-14-22(15-19(18)13-20)28-9-5-24(23-4-3-21(27)16-29-23)6-12-31-25(17-24)7-10-30-11-8-25/h1-4,13,16,22,28H,5-12,14-15,17H2/t22-,24+/m0/s1. The van der Waals surface area contributed by atoms with E-state index in [4.69, 9.17) is 9.47 Å². The molecule has 0 amide bonds. The van der Waals surface area contributed by atoms with Crippen molar-refractivity contribution in [1.29, 1.82) is 0 Å². The van der Waals surface area contributed by atoms with Crippen molar-refractivity contribution in [3.05, 3.63) is 65.0 Å². The molecular weight excluding hydrogens is 398 g/mol. The van der Waals surface area contributed by atoms with Gasteiger partial charge in [-0.1, -0.05) is 6.07 Å². The van der Waals surface area contributed by atoms with E-state index in [1.165, 1.54) is 17.8 Å². The molecular formula is C25H30F2N2O2. The molecule has 2 saturated heterocycles. The first-order valence-corrected chi connectivity index (χ1v) is 11.4. The lowest BCUT2D eigenvalue weighted by atomic mass is 9.66. The second kappa shape index (κ2) is 8.57. The van der Waals surface area contributed by atoms with Crippen LogP contribution in [0.1, 0.15) is 48.9 Å². The minimum absolute atomic E-state index is 0.145. The van der Waals surface area contributed by atoms with Gasteiger partial charge in [0.15, 0.2) is 0 Å². The number of hydrogen-bond donors (Lipinski definition) is 1. The summed E-state index contributed by atoms with van der Waals surface area (Å²) in [7, 11) is 0. The van der Waals surface area contributed by atoms with Crippen LogP contribution in [0.5, 0.6) is 0 Å². The van der Waals surface area contributed by atoms with Crippen LogP contribution in [-0.4, -0.2) is 43.0 Å². The van der Waals surface area contributed by atoms with Gasteiger partial charge in [0, 0.05) is 37.0 Å². The maximum absolute atomic E-state index is 13.6. The van der Waals surface area contributed by atoms with E-state index in [2.05, 4.69) is 10.3 Å². The van der Waals surface area contributed by atoms with Crippen LogP contribution in [0.2, 0.25) is 0 Å². The van der Waals surface area contributed by atoms with Gasteiger partial charge >= 0.3 is 0 Å². The molecule has 5 rings (SSSR count). The topological polar surface area (TPSA) is 43.4 Å². The summed E-state index contributed by atoms with van der Waals surface area (Å²) in [6, 6.07) is 8.81. The molecule has 0 bridgehead atoms. The second-order valence-electron chi connectivity index (χ2n) is 9.43. The number of halogens is 2. The lowest BCUT2D eigenvalue weighted by Crippen LogP contribution is -2.51. The molecule has 0 unspecified atom stereocenters. The molecule has 2 atom stereocenters. The third kappa shape index (κ3) is 4.38. The zero-order valence-corrected chi connectivity index (χ0v) is 17.8. The molecule has 1 spiro atoms. The molecule has 4 nitrogen and oxygen atoms in total. The number of ether oxygens (including phenoxy) is 2. The summed E-state index contributed by atoms with van der Waals surface area (Å²) >= 11 is 0. The third-order valence-corrected chi connectivity index (χ3v) is 7.46. The summed E-state index contributed by atoms with van der Waals surface area (Å²) in [5.74, 6) is -0.467. The Bertz CT molecular complexity index is 909. The fourth-order valence-electron chi connectivity index (χ4n) is 5.78. The lowest BCUT2D eigenvalue weighted by Gasteiger charge is -2.49. The average Bonchev–Trinajstić information content (AvgIpc) is 3.16. The van der Waals surface area contributed by atoms with E-state index in [0.29, 0.717) is 12.6 Å². The summed E-state index contributed by atoms with van der Waals surface area (Å²) in [5.41, 5.74) is 2.99. The van der Waals surface area contributed by atoms with E-state index >= 15 is 0 Å². The number of benzene rings is 1. The SMILES string of the molecule is Fc1ccc([C@]2(CCN[C@H]3Cc4ccc(F)cc4C3)CCOC3(CCOCC3)C2)nc1. The Labute approximate surface area is 182 Å². The van der Waals surface area contributed by atoms with Gasteiger partial charge in [-0.3, -0.25) is 4.98 Å². The van der Waals surface area contributed by atoms with Gasteiger partial charge in [-0.25, -0.2) is 8.78 Å². The van der Waals surface area contributed by atoms with Crippen LogP contribution >= 0.6 is 0 Å². The maximum atomic E-state index is 13.6. The fraction of sp³-hybridized carbons (Fsp3) is 0.560. The Kier molecular flexibility index (Phi) is 5.80. The van der Waals surface area contributed by atoms with Gasteiger partial charge < -0.3 is 14.8 Å². The Morgan fingerprint density at radius 2 is 1.77 bits per heavy atom. The number of fused-ring (bicyclic) bond motifs is 1. The van der Waals surface area contributed by atoms with Crippen LogP contribution in [0.25, 0.3) is 0 Å². The zero-order chi connectivity index (χ0) is 21.3. The summed E-state index contributed by atoms with van der Waals surface area (Å²) in [4.78, 5) is 4.51. The first kappa shape index (κ1) is 21.0. The van der Waals surface area contributed by atoms with Crippen molar-refractivity contribution in [2.45, 2.75) is 62.0 Å². The Hall–Kier alpha value is -1.89. The number of aromatic nitrogens is 1. The predicted octanol–water partition coefficient (Wildman–Crippen LogP) is 4.10. The highest BCUT2D eigenvalue weighted by Gasteiger charge is 2.48. The predicted molar refractivity (Wildman–Crippen MR) is 114 cm³/mol. The van der Waals surface area contributed by atoms with Crippen molar-refractivity contribution in [3.8, 4) is 0 Å². The first-order valence-electron chi connectivity index (χ1n) is 11.4. The maximum Gasteiger partial charge on any atom is 0.141 e. The van der Waals surface area contributed by atoms with Gasteiger partial charge in [0.05, 0.1) is 11.8 Å². The van der Waals surface area contributed by atoms with Crippen molar-refractivity contribution in [2.24, 2.45) is 0 Å². The fourth-order valence-corrected chi connectivity index (χ4v) is 5.78. The third-order valence-electron chi connectivity index (χ3n) is 7.46. The van der Waals surface area contributed by atoms with E-state index in [-0.39, 0.29) is 22.7 Å². The molecule has 1 aromatic carbocycles. The molecule has 2 fully saturated rings. The smallest absolute Gasteiger partial charge is 0.141 e. The lowest BCUT2D eigenvalue weighted by molar-refractivity contribution is -0.154. The van der Waals surface area contributed by atoms with E-state index < -0.39 is 0 Å². The number of nitrogens with zero attached hydrogens (tertiary/aromatic N) is 1. The van der Waals surface area contributed by atoms with Crippen molar-refractivity contribution in [1.82, 2.24) is 10.3 Å². The molecule has 2 aliphatic heterocycles. The highest BCUT2D eigenvalue weighted by atomic mass is 19.1. The van der Waals surface area contributed by atoms with E-state index in [1.54, 1.807) is 12.1 Å². The quantitative estimate of drug-likeness (QED) is 0.779. The summed E-state index contributed by atoms with van der Waals surface area (Å²) < 4.78 is 39.0. The van der Waals surface area contributed by atoms with Crippen LogP contribution < -0.4 is 5.32 Å². The van der Waals surface area contributed by atoms with Crippen LogP contribution in [0.15, 0.2) is 36.5 Å². The van der Waals surface area contributed by atoms with Crippen LogP contribution in [0.3, 0.4) is 0 Å². The number of pyridine rings is 1. The average molecular weight is 429 g/mol. The highest BCUT2D eigenvalue weighted by Crippen LogP contribution is 2.47. The van der Waals surface area contributed by atoms with Crippen LogP contribution in [0.4, 0.5) is 8.78 Å². The van der Waals surface area contributed by atoms with Gasteiger partial charge in [0.2, 0.25) is 0 Å². The largest absolute Gasteiger partial charge is 0.381 e. The molecule has 1 aliphatic carbocycles. The molecule has 0 saturated carbocycles. The number of rotatable bonds is 5. The molecule has 1 aromatic heterocycles. The minimum atomic E-state index is -0.305. The van der Waals surface area contributed by atoms with Gasteiger partial charge in [-0.15, -0.1) is 0 Å². The van der Waals surface area contributed by atoms with Crippen LogP contribution in [-0.2, 0) is 27.7 Å². The highest BCUT2D eigenvalue weighted by molar-refractivity contribution is 5.34. The van der Waals surface area contributed by atoms with Crippen molar-refractivity contribution >= 4 is 0 Å². The molecule has 6 heteroatoms. The van der Waals surface area contributed by atoms with Gasteiger partial charge in [-0.05, 0) is 86.9 Å². The van der Waals surface area contributed by atoms with Crippen LogP contribution in [0, 0.1) is 11.6 Å². The van der Waals surface area contributed by atoms with Crippen molar-refractivity contribution < 1.29 is 18.3 Å². The number of nitrogens with one attached hydrogen (secondary N) is 1. The molecule has 1 N–H and O–H groups in total. The minimum Gasteiger partial charge on any atom is -0.381 e. The molecule has 3 aliphatic rings. The molecule has 166 valence electrons. The molecule has 31 heavy (non-hydrogen) atoms. The first-order chi connectivity index (χ1) is 15.1. The monoisotopic (exact) mass is 428 g/mol. The van der Waals surface area contributed by atoms with Crippen molar-refractivity contribution in [3.63, 3.8) is 0 Å². The summed E-state index contributed by atoms with van der Waals surface area (Å²) in [6.07, 6.45) is 7.60. The Morgan fingerprint density at radius 1 is 0.968 bits per heavy atom. The Balaban J connectivity index is 1.30. The van der Waals surface area contributed by atoms with E-state index in [9.17, 15) is 8.78 Å². The van der Waals surface area contributed by atoms with Crippen molar-refractivity contribution in [2.75, 3.05) is 26.4 Å². The Morgan fingerprint density at radius 3 is 2.58 bits per heavy atom. The number of hydrogen-bond acceptors (Lipinski definition) is 4.